The molecule has 6 nitrogen and oxygen atoms in total. The van der Waals surface area contributed by atoms with Crippen LogP contribution in [0.25, 0.3) is 0 Å². The summed E-state index contributed by atoms with van der Waals surface area (Å²) in [5.74, 6) is -0.133. The molecule has 0 aliphatic rings. The van der Waals surface area contributed by atoms with Gasteiger partial charge in [-0.25, -0.2) is 0 Å². The minimum absolute atomic E-state index is 0.00240. The summed E-state index contributed by atoms with van der Waals surface area (Å²) in [6, 6.07) is 9.30. The number of ketones is 1. The molecule has 0 heterocycles. The minimum Gasteiger partial charge on any atom is -0.545 e. The highest BCUT2D eigenvalue weighted by Crippen LogP contribution is 2.30. The molecule has 0 aliphatic carbocycles. The molecule has 0 radical (unpaired) electrons. The maximum atomic E-state index is 11.4. The van der Waals surface area contributed by atoms with E-state index in [1.807, 2.05) is 0 Å². The smallest absolute Gasteiger partial charge is 0.161 e. The van der Waals surface area contributed by atoms with E-state index >= 15 is 0 Å². The highest BCUT2D eigenvalue weighted by atomic mass is 16.5. The van der Waals surface area contributed by atoms with Gasteiger partial charge in [-0.1, -0.05) is 12.1 Å². The van der Waals surface area contributed by atoms with Gasteiger partial charge >= 0.3 is 0 Å². The number of carbonyl (C=O) groups excluding carboxylic acids is 2. The van der Waals surface area contributed by atoms with Gasteiger partial charge in [-0.05, 0) is 31.2 Å². The van der Waals surface area contributed by atoms with Gasteiger partial charge in [0.05, 0.1) is 20.2 Å². The van der Waals surface area contributed by atoms with Crippen molar-refractivity contribution in [3.05, 3.63) is 53.1 Å². The van der Waals surface area contributed by atoms with Crippen LogP contribution in [0.15, 0.2) is 36.4 Å². The molecule has 2 aromatic carbocycles. The van der Waals surface area contributed by atoms with E-state index < -0.39 is 5.97 Å². The Labute approximate surface area is 139 Å². The lowest BCUT2D eigenvalue weighted by Crippen LogP contribution is -2.22. The van der Waals surface area contributed by atoms with Crippen molar-refractivity contribution < 1.29 is 28.9 Å². The Bertz CT molecular complexity index is 701. The Morgan fingerprint density at radius 1 is 0.917 bits per heavy atom. The fourth-order valence-electron chi connectivity index (χ4n) is 2.15. The molecule has 0 unspecified atom stereocenters. The second-order valence-corrected chi connectivity index (χ2v) is 5.02. The monoisotopic (exact) mass is 329 g/mol. The number of hydrogen-bond donors (Lipinski definition) is 0. The van der Waals surface area contributed by atoms with E-state index in [-0.39, 0.29) is 23.7 Å². The summed E-state index contributed by atoms with van der Waals surface area (Å²) in [6.07, 6.45) is 0. The number of rotatable bonds is 7. The number of carboxylic acid groups (broad SMARTS) is 1. The summed E-state index contributed by atoms with van der Waals surface area (Å²) in [4.78, 5) is 22.3. The predicted octanol–water partition coefficient (Wildman–Crippen LogP) is 1.85. The van der Waals surface area contributed by atoms with Crippen molar-refractivity contribution in [3.63, 3.8) is 0 Å². The van der Waals surface area contributed by atoms with E-state index in [0.717, 1.165) is 5.56 Å². The Kier molecular flexibility index (Phi) is 5.42. The normalized spacial score (nSPS) is 10.1. The lowest BCUT2D eigenvalue weighted by molar-refractivity contribution is -0.255. The van der Waals surface area contributed by atoms with E-state index in [9.17, 15) is 14.7 Å². The SMILES string of the molecule is COc1cc(C(C)=O)ccc1COc1ccc(C(=O)[O-])cc1OC. The number of ether oxygens (including phenoxy) is 3. The van der Waals surface area contributed by atoms with Gasteiger partial charge in [-0.15, -0.1) is 0 Å². The van der Waals surface area contributed by atoms with Crippen LogP contribution in [0.3, 0.4) is 0 Å². The molecule has 0 amide bonds. The molecule has 0 saturated heterocycles. The molecule has 0 fully saturated rings. The molecule has 0 bridgehead atoms. The van der Waals surface area contributed by atoms with Gasteiger partial charge in [-0.3, -0.25) is 4.79 Å². The minimum atomic E-state index is -1.29. The molecule has 2 rings (SSSR count). The zero-order valence-corrected chi connectivity index (χ0v) is 13.6. The van der Waals surface area contributed by atoms with Crippen LogP contribution >= 0.6 is 0 Å². The van der Waals surface area contributed by atoms with Gasteiger partial charge < -0.3 is 24.1 Å². The number of carboxylic acids is 1. The Hall–Kier alpha value is -3.02. The Morgan fingerprint density at radius 2 is 1.54 bits per heavy atom. The second-order valence-electron chi connectivity index (χ2n) is 5.02. The van der Waals surface area contributed by atoms with Gasteiger partial charge in [-0.2, -0.15) is 0 Å². The molecule has 0 saturated carbocycles. The van der Waals surface area contributed by atoms with Crippen molar-refractivity contribution in [2.45, 2.75) is 13.5 Å². The maximum absolute atomic E-state index is 11.4. The van der Waals surface area contributed by atoms with E-state index in [1.165, 1.54) is 39.3 Å². The van der Waals surface area contributed by atoms with Crippen molar-refractivity contribution in [1.29, 1.82) is 0 Å². The van der Waals surface area contributed by atoms with Crippen LogP contribution in [0.1, 0.15) is 33.2 Å². The molecule has 24 heavy (non-hydrogen) atoms. The van der Waals surface area contributed by atoms with Crippen LogP contribution < -0.4 is 19.3 Å². The topological polar surface area (TPSA) is 84.9 Å². The lowest BCUT2D eigenvalue weighted by atomic mass is 10.1. The van der Waals surface area contributed by atoms with Crippen molar-refractivity contribution >= 4 is 11.8 Å². The molecule has 126 valence electrons. The van der Waals surface area contributed by atoms with E-state index in [1.54, 1.807) is 18.2 Å². The van der Waals surface area contributed by atoms with Gasteiger partial charge in [0.25, 0.3) is 0 Å². The number of benzene rings is 2. The third kappa shape index (κ3) is 3.84. The number of methoxy groups -OCH3 is 2. The first-order valence-corrected chi connectivity index (χ1v) is 7.16. The molecular formula is C18H17O6-. The molecule has 0 atom stereocenters. The van der Waals surface area contributed by atoms with Gasteiger partial charge in [0.15, 0.2) is 17.3 Å². The largest absolute Gasteiger partial charge is 0.545 e. The average Bonchev–Trinajstić information content (AvgIpc) is 2.59. The van der Waals surface area contributed by atoms with Gasteiger partial charge in [0.2, 0.25) is 0 Å². The predicted molar refractivity (Wildman–Crippen MR) is 84.7 cm³/mol. The first-order valence-electron chi connectivity index (χ1n) is 7.16. The van der Waals surface area contributed by atoms with E-state index in [0.29, 0.717) is 17.1 Å². The summed E-state index contributed by atoms with van der Waals surface area (Å²) >= 11 is 0. The number of hydrogen-bond acceptors (Lipinski definition) is 6. The molecule has 0 spiro atoms. The van der Waals surface area contributed by atoms with E-state index in [4.69, 9.17) is 14.2 Å². The van der Waals surface area contributed by atoms with Crippen molar-refractivity contribution in [1.82, 2.24) is 0 Å². The summed E-state index contributed by atoms with van der Waals surface area (Å²) in [5.41, 5.74) is 1.29. The summed E-state index contributed by atoms with van der Waals surface area (Å²) < 4.78 is 16.1. The quantitative estimate of drug-likeness (QED) is 0.721. The number of aromatic carboxylic acids is 1. The second kappa shape index (κ2) is 7.50. The molecule has 6 heteroatoms. The van der Waals surface area contributed by atoms with Crippen LogP contribution in [0, 0.1) is 0 Å². The maximum Gasteiger partial charge on any atom is 0.161 e. The van der Waals surface area contributed by atoms with Crippen LogP contribution in [-0.4, -0.2) is 26.0 Å². The summed E-state index contributed by atoms with van der Waals surface area (Å²) in [6.45, 7) is 1.65. The first-order chi connectivity index (χ1) is 11.5. The standard InChI is InChI=1S/C18H18O6/c1-11(19)12-4-5-14(16(8-12)22-2)10-24-15-7-6-13(18(20)21)9-17(15)23-3/h4-9H,10H2,1-3H3,(H,20,21)/p-1. The van der Waals surface area contributed by atoms with Gasteiger partial charge in [0, 0.05) is 16.7 Å². The van der Waals surface area contributed by atoms with Crippen molar-refractivity contribution in [3.8, 4) is 17.2 Å². The number of Topliss-reactive ketones (excluding diaryl/α,β-unsaturated/α-hetero) is 1. The van der Waals surface area contributed by atoms with Crippen molar-refractivity contribution in [2.24, 2.45) is 0 Å². The zero-order valence-electron chi connectivity index (χ0n) is 13.6. The van der Waals surface area contributed by atoms with Crippen LogP contribution in [0.2, 0.25) is 0 Å². The summed E-state index contributed by atoms with van der Waals surface area (Å²) in [7, 11) is 2.93. The number of carbonyl (C=O) groups is 2. The first kappa shape index (κ1) is 17.3. The van der Waals surface area contributed by atoms with E-state index in [2.05, 4.69) is 0 Å². The highest BCUT2D eigenvalue weighted by Gasteiger charge is 2.11. The molecule has 0 N–H and O–H groups in total. The van der Waals surface area contributed by atoms with Crippen molar-refractivity contribution in [2.75, 3.05) is 14.2 Å². The third-order valence-corrected chi connectivity index (χ3v) is 3.48. The molecule has 0 aliphatic heterocycles. The Balaban J connectivity index is 2.21. The average molecular weight is 329 g/mol. The molecular weight excluding hydrogens is 312 g/mol. The van der Waals surface area contributed by atoms with Crippen LogP contribution in [-0.2, 0) is 6.61 Å². The Morgan fingerprint density at radius 3 is 2.12 bits per heavy atom. The van der Waals surface area contributed by atoms with Crippen LogP contribution in [0.4, 0.5) is 0 Å². The fourth-order valence-corrected chi connectivity index (χ4v) is 2.15. The lowest BCUT2D eigenvalue weighted by Gasteiger charge is -2.14. The molecule has 2 aromatic rings. The third-order valence-electron chi connectivity index (χ3n) is 3.48. The fraction of sp³-hybridized carbons (Fsp3) is 0.222. The zero-order chi connectivity index (χ0) is 17.7. The van der Waals surface area contributed by atoms with Gasteiger partial charge in [0.1, 0.15) is 12.4 Å². The highest BCUT2D eigenvalue weighted by molar-refractivity contribution is 5.94. The summed E-state index contributed by atoms with van der Waals surface area (Å²) in [5, 5.41) is 10.9. The van der Waals surface area contributed by atoms with Crippen LogP contribution in [0.5, 0.6) is 17.2 Å². The molecule has 0 aromatic heterocycles.